The summed E-state index contributed by atoms with van der Waals surface area (Å²) in [5.41, 5.74) is 0.273. The van der Waals surface area contributed by atoms with Crippen molar-refractivity contribution in [1.82, 2.24) is 4.72 Å². The van der Waals surface area contributed by atoms with Crippen LogP contribution in [0.1, 0.15) is 10.4 Å². The summed E-state index contributed by atoms with van der Waals surface area (Å²) in [5.74, 6) is -0.536. The maximum Gasteiger partial charge on any atom is 0.267 e. The lowest BCUT2D eigenvalue weighted by Crippen LogP contribution is -2.21. The molecule has 16 heavy (non-hydrogen) atoms. The molecule has 4 nitrogen and oxygen atoms in total. The fourth-order valence-electron chi connectivity index (χ4n) is 1.29. The number of amides is 1. The van der Waals surface area contributed by atoms with Crippen molar-refractivity contribution in [3.8, 4) is 0 Å². The normalized spacial score (nSPS) is 17.1. The van der Waals surface area contributed by atoms with E-state index in [-0.39, 0.29) is 10.5 Å². The highest BCUT2D eigenvalue weighted by Crippen LogP contribution is 2.37. The Hall–Kier alpha value is 1.56. The van der Waals surface area contributed by atoms with Gasteiger partial charge in [0, 0.05) is 14.3 Å². The Labute approximate surface area is 146 Å². The van der Waals surface area contributed by atoms with Gasteiger partial charge in [-0.3, -0.25) is 4.79 Å². The number of hydrogen-bond donors (Lipinski definition) is 1. The third kappa shape index (κ3) is 2.01. The first kappa shape index (κ1) is 14.0. The van der Waals surface area contributed by atoms with Gasteiger partial charge in [-0.05, 0) is 90.4 Å². The van der Waals surface area contributed by atoms with Gasteiger partial charge in [0.2, 0.25) is 0 Å². The van der Waals surface area contributed by atoms with Gasteiger partial charge < -0.3 is 0 Å². The lowest BCUT2D eigenvalue weighted by atomic mass is 10.2. The molecule has 1 heterocycles. The van der Waals surface area contributed by atoms with E-state index in [9.17, 15) is 13.2 Å². The molecule has 86 valence electrons. The Bertz CT molecular complexity index is 625. The molecular weight excluding hydrogens is 686 g/mol. The van der Waals surface area contributed by atoms with Crippen molar-refractivity contribution >= 4 is 106 Å². The monoisotopic (exact) mass is 687 g/mol. The van der Waals surface area contributed by atoms with E-state index in [4.69, 9.17) is 0 Å². The molecule has 9 heteroatoms. The number of benzene rings is 1. The predicted octanol–water partition coefficient (Wildman–Crippen LogP) is 2.54. The number of fused-ring (bicyclic) bond motifs is 1. The second-order valence-electron chi connectivity index (χ2n) is 2.89. The summed E-state index contributed by atoms with van der Waals surface area (Å²) in [6.07, 6.45) is 0. The number of hydrogen-bond acceptors (Lipinski definition) is 3. The first-order valence-corrected chi connectivity index (χ1v) is 9.50. The second kappa shape index (κ2) is 4.59. The van der Waals surface area contributed by atoms with Crippen LogP contribution >= 0.6 is 90.4 Å². The van der Waals surface area contributed by atoms with Crippen LogP contribution in [-0.2, 0) is 10.0 Å². The zero-order valence-corrected chi connectivity index (χ0v) is 16.6. The number of carbonyl (C=O) groups is 1. The van der Waals surface area contributed by atoms with E-state index < -0.39 is 15.9 Å². The highest BCUT2D eigenvalue weighted by molar-refractivity contribution is 14.1. The van der Waals surface area contributed by atoms with Crippen LogP contribution in [0.25, 0.3) is 0 Å². The van der Waals surface area contributed by atoms with Gasteiger partial charge in [-0.15, -0.1) is 0 Å². The Balaban J connectivity index is 3.03. The van der Waals surface area contributed by atoms with Crippen molar-refractivity contribution in [3.63, 3.8) is 0 Å². The average Bonchev–Trinajstić information content (AvgIpc) is 2.42. The molecule has 1 aliphatic rings. The summed E-state index contributed by atoms with van der Waals surface area (Å²) in [6, 6.07) is 0. The fraction of sp³-hybridized carbons (Fsp3) is 0. The molecule has 1 N–H and O–H groups in total. The van der Waals surface area contributed by atoms with Crippen LogP contribution in [0, 0.1) is 14.3 Å². The number of halogens is 4. The summed E-state index contributed by atoms with van der Waals surface area (Å²) in [4.78, 5) is 11.7. The van der Waals surface area contributed by atoms with Gasteiger partial charge in [0.15, 0.2) is 0 Å². The molecule has 0 bridgehead atoms. The molecule has 0 spiro atoms. The first-order valence-electron chi connectivity index (χ1n) is 3.70. The van der Waals surface area contributed by atoms with Gasteiger partial charge in [-0.1, -0.05) is 0 Å². The molecule has 1 aliphatic heterocycles. The van der Waals surface area contributed by atoms with Gasteiger partial charge in [-0.25, -0.2) is 13.1 Å². The summed E-state index contributed by atoms with van der Waals surface area (Å²) in [5, 5.41) is 0. The van der Waals surface area contributed by atoms with Crippen LogP contribution in [-0.4, -0.2) is 14.3 Å². The minimum absolute atomic E-state index is 0.118. The smallest absolute Gasteiger partial charge is 0.267 e. The van der Waals surface area contributed by atoms with Crippen molar-refractivity contribution < 1.29 is 13.2 Å². The number of sulfonamides is 1. The van der Waals surface area contributed by atoms with Crippen LogP contribution in [0.4, 0.5) is 0 Å². The number of carbonyl (C=O) groups excluding carboxylic acids is 1. The molecule has 0 aliphatic carbocycles. The molecular formula is C7HI4NO3S. The van der Waals surface area contributed by atoms with E-state index in [1.807, 2.05) is 49.9 Å². The van der Waals surface area contributed by atoms with Crippen molar-refractivity contribution in [2.24, 2.45) is 0 Å². The fourth-order valence-corrected chi connectivity index (χ4v) is 7.21. The SMILES string of the molecule is O=C1NS(=O)(=O)c2c(I)c(I)c(I)c(I)c21. The Morgan fingerprint density at radius 2 is 1.38 bits per heavy atom. The Kier molecular flexibility index (Phi) is 4.01. The van der Waals surface area contributed by atoms with Crippen LogP contribution in [0.3, 0.4) is 0 Å². The second-order valence-corrected chi connectivity index (χ2v) is 8.83. The Morgan fingerprint density at radius 3 is 1.94 bits per heavy atom. The lowest BCUT2D eigenvalue weighted by Gasteiger charge is -2.07. The molecule has 0 saturated carbocycles. The Morgan fingerprint density at radius 1 is 0.875 bits per heavy atom. The van der Waals surface area contributed by atoms with E-state index in [0.29, 0.717) is 7.14 Å². The van der Waals surface area contributed by atoms with Gasteiger partial charge in [0.1, 0.15) is 4.90 Å². The van der Waals surface area contributed by atoms with E-state index in [1.54, 1.807) is 0 Å². The van der Waals surface area contributed by atoms with Crippen molar-refractivity contribution in [2.75, 3.05) is 0 Å². The molecule has 0 saturated heterocycles. The number of rotatable bonds is 0. The van der Waals surface area contributed by atoms with Crippen molar-refractivity contribution in [2.45, 2.75) is 4.90 Å². The molecule has 0 atom stereocenters. The van der Waals surface area contributed by atoms with Crippen molar-refractivity contribution in [1.29, 1.82) is 0 Å². The van der Waals surface area contributed by atoms with Crippen molar-refractivity contribution in [3.05, 3.63) is 19.8 Å². The molecule has 1 aromatic carbocycles. The largest absolute Gasteiger partial charge is 0.268 e. The van der Waals surface area contributed by atoms with E-state index in [1.165, 1.54) is 0 Å². The summed E-state index contributed by atoms with van der Waals surface area (Å²) in [6.45, 7) is 0. The van der Waals surface area contributed by atoms with Crippen LogP contribution in [0.5, 0.6) is 0 Å². The van der Waals surface area contributed by atoms with Crippen LogP contribution < -0.4 is 4.72 Å². The van der Waals surface area contributed by atoms with Gasteiger partial charge in [0.25, 0.3) is 15.9 Å². The maximum absolute atomic E-state index is 11.8. The quantitative estimate of drug-likeness (QED) is 0.260. The molecule has 2 rings (SSSR count). The zero-order valence-electron chi connectivity index (χ0n) is 7.14. The van der Waals surface area contributed by atoms with E-state index in [0.717, 1.165) is 7.14 Å². The lowest BCUT2D eigenvalue weighted by molar-refractivity contribution is 0.0984. The number of nitrogens with one attached hydrogen (secondary N) is 1. The van der Waals surface area contributed by atoms with E-state index >= 15 is 0 Å². The molecule has 1 amide bonds. The summed E-state index contributed by atoms with van der Waals surface area (Å²) in [7, 11) is -3.67. The topological polar surface area (TPSA) is 63.2 Å². The van der Waals surface area contributed by atoms with Gasteiger partial charge >= 0.3 is 0 Å². The molecule has 0 radical (unpaired) electrons. The third-order valence-electron chi connectivity index (χ3n) is 1.95. The van der Waals surface area contributed by atoms with Crippen LogP contribution in [0.15, 0.2) is 4.90 Å². The highest BCUT2D eigenvalue weighted by Gasteiger charge is 2.38. The standard InChI is InChI=1S/C7HI4NO3S/c8-2-1-6(5(11)4(10)3(2)9)16(14,15)12-7(1)13/h(H,12,13). The summed E-state index contributed by atoms with van der Waals surface area (Å²) >= 11 is 8.17. The molecule has 0 fully saturated rings. The zero-order chi connectivity index (χ0) is 12.2. The molecule has 0 aromatic heterocycles. The summed E-state index contributed by atoms with van der Waals surface area (Å²) < 4.78 is 28.6. The molecule has 1 aromatic rings. The first-order chi connectivity index (χ1) is 7.27. The van der Waals surface area contributed by atoms with E-state index in [2.05, 4.69) is 45.2 Å². The van der Waals surface area contributed by atoms with Gasteiger partial charge in [-0.2, -0.15) is 0 Å². The maximum atomic E-state index is 11.8. The average molecular weight is 687 g/mol. The third-order valence-corrected chi connectivity index (χ3v) is 11.1. The van der Waals surface area contributed by atoms with Gasteiger partial charge in [0.05, 0.1) is 5.56 Å². The highest BCUT2D eigenvalue weighted by atomic mass is 127. The minimum atomic E-state index is -3.67. The van der Waals surface area contributed by atoms with Crippen LogP contribution in [0.2, 0.25) is 0 Å². The predicted molar refractivity (Wildman–Crippen MR) is 92.0 cm³/mol. The molecule has 0 unspecified atom stereocenters. The minimum Gasteiger partial charge on any atom is -0.268 e.